The molecular weight excluding hydrogens is 272 g/mol. The normalized spacial score (nSPS) is 20.5. The highest BCUT2D eigenvalue weighted by Gasteiger charge is 2.36. The van der Waals surface area contributed by atoms with Crippen LogP contribution in [0.2, 0.25) is 0 Å². The van der Waals surface area contributed by atoms with E-state index in [4.69, 9.17) is 5.73 Å². The van der Waals surface area contributed by atoms with Crippen LogP contribution in [0.15, 0.2) is 4.99 Å². The molecule has 0 aromatic heterocycles. The van der Waals surface area contributed by atoms with E-state index in [1.807, 2.05) is 20.8 Å². The van der Waals surface area contributed by atoms with Crippen molar-refractivity contribution >= 4 is 17.8 Å². The Morgan fingerprint density at radius 1 is 1.48 bits per heavy atom. The molecule has 3 N–H and O–H groups in total. The number of likely N-dealkylation sites (tertiary alicyclic amines) is 1. The third kappa shape index (κ3) is 4.34. The van der Waals surface area contributed by atoms with Gasteiger partial charge in [0.05, 0.1) is 13.2 Å². The van der Waals surface area contributed by atoms with Crippen molar-refractivity contribution in [2.45, 2.75) is 45.7 Å². The molecule has 0 aliphatic carbocycles. The zero-order chi connectivity index (χ0) is 16.0. The number of carbonyl (C=O) groups excluding carboxylic acids is 2. The first-order chi connectivity index (χ1) is 9.92. The van der Waals surface area contributed by atoms with Crippen LogP contribution in [0.25, 0.3) is 0 Å². The summed E-state index contributed by atoms with van der Waals surface area (Å²) in [6.45, 7) is 6.90. The number of rotatable bonds is 5. The third-order valence-electron chi connectivity index (χ3n) is 3.61. The van der Waals surface area contributed by atoms with Crippen LogP contribution >= 0.6 is 0 Å². The van der Waals surface area contributed by atoms with E-state index in [0.717, 1.165) is 12.8 Å². The molecule has 21 heavy (non-hydrogen) atoms. The summed E-state index contributed by atoms with van der Waals surface area (Å²) < 4.78 is 4.59. The zero-order valence-electron chi connectivity index (χ0n) is 13.3. The minimum absolute atomic E-state index is 0.0396. The van der Waals surface area contributed by atoms with E-state index in [2.05, 4.69) is 15.0 Å². The number of carbonyl (C=O) groups is 2. The minimum Gasteiger partial charge on any atom is -0.453 e. The molecule has 7 heteroatoms. The van der Waals surface area contributed by atoms with Crippen LogP contribution in [-0.2, 0) is 9.53 Å². The highest BCUT2D eigenvalue weighted by atomic mass is 16.5. The SMILES string of the molecule is CCN=C(N)[C@@H]1CCCN1C(=O)[C@@H](NC(=O)OC)C(C)C. The number of nitrogens with zero attached hydrogens (tertiary/aromatic N) is 2. The summed E-state index contributed by atoms with van der Waals surface area (Å²) in [5.41, 5.74) is 5.97. The van der Waals surface area contributed by atoms with Gasteiger partial charge in [0.25, 0.3) is 0 Å². The van der Waals surface area contributed by atoms with Crippen LogP contribution in [-0.4, -0.2) is 55.0 Å². The average molecular weight is 298 g/mol. The summed E-state index contributed by atoms with van der Waals surface area (Å²) in [5, 5.41) is 2.60. The molecule has 0 unspecified atom stereocenters. The highest BCUT2D eigenvalue weighted by Crippen LogP contribution is 2.20. The van der Waals surface area contributed by atoms with E-state index in [0.29, 0.717) is 18.9 Å². The summed E-state index contributed by atoms with van der Waals surface area (Å²) in [5.74, 6) is 0.318. The largest absolute Gasteiger partial charge is 0.453 e. The van der Waals surface area contributed by atoms with Gasteiger partial charge in [-0.25, -0.2) is 4.79 Å². The third-order valence-corrected chi connectivity index (χ3v) is 3.61. The van der Waals surface area contributed by atoms with Gasteiger partial charge >= 0.3 is 6.09 Å². The van der Waals surface area contributed by atoms with Crippen molar-refractivity contribution in [1.29, 1.82) is 0 Å². The molecule has 0 aromatic rings. The number of amidine groups is 1. The van der Waals surface area contributed by atoms with E-state index in [9.17, 15) is 9.59 Å². The van der Waals surface area contributed by atoms with Crippen molar-refractivity contribution in [2.75, 3.05) is 20.2 Å². The lowest BCUT2D eigenvalue weighted by molar-refractivity contribution is -0.134. The number of amides is 2. The number of alkyl carbamates (subject to hydrolysis) is 1. The van der Waals surface area contributed by atoms with Crippen LogP contribution < -0.4 is 11.1 Å². The zero-order valence-corrected chi connectivity index (χ0v) is 13.3. The molecule has 2 atom stereocenters. The molecule has 7 nitrogen and oxygen atoms in total. The molecule has 0 bridgehead atoms. The van der Waals surface area contributed by atoms with Crippen molar-refractivity contribution in [1.82, 2.24) is 10.2 Å². The predicted molar refractivity (Wildman–Crippen MR) is 81.1 cm³/mol. The first kappa shape index (κ1) is 17.3. The number of nitrogens with two attached hydrogens (primary N) is 1. The molecule has 0 saturated carbocycles. The van der Waals surface area contributed by atoms with Crippen LogP contribution in [0.4, 0.5) is 4.79 Å². The molecule has 1 fully saturated rings. The van der Waals surface area contributed by atoms with Gasteiger partial charge in [0.2, 0.25) is 5.91 Å². The standard InChI is InChI=1S/C14H26N4O3/c1-5-16-12(15)10-7-6-8-18(10)13(19)11(9(2)3)17-14(20)21-4/h9-11H,5-8H2,1-4H3,(H2,15,16)(H,17,20)/t10-,11-/m0/s1. The summed E-state index contributed by atoms with van der Waals surface area (Å²) in [4.78, 5) is 30.0. The molecule has 1 saturated heterocycles. The van der Waals surface area contributed by atoms with E-state index in [1.54, 1.807) is 4.90 Å². The van der Waals surface area contributed by atoms with Crippen LogP contribution in [0, 0.1) is 5.92 Å². The van der Waals surface area contributed by atoms with Crippen molar-refractivity contribution in [2.24, 2.45) is 16.6 Å². The predicted octanol–water partition coefficient (Wildman–Crippen LogP) is 0.735. The monoisotopic (exact) mass is 298 g/mol. The molecule has 0 spiro atoms. The Morgan fingerprint density at radius 3 is 2.67 bits per heavy atom. The first-order valence-corrected chi connectivity index (χ1v) is 7.37. The van der Waals surface area contributed by atoms with E-state index in [1.165, 1.54) is 7.11 Å². The molecule has 1 heterocycles. The summed E-state index contributed by atoms with van der Waals surface area (Å²) in [6, 6.07) is -0.786. The van der Waals surface area contributed by atoms with Crippen LogP contribution in [0.5, 0.6) is 0 Å². The fourth-order valence-electron chi connectivity index (χ4n) is 2.50. The van der Waals surface area contributed by atoms with Gasteiger partial charge < -0.3 is 20.7 Å². The quantitative estimate of drug-likeness (QED) is 0.577. The van der Waals surface area contributed by atoms with Crippen LogP contribution in [0.3, 0.4) is 0 Å². The number of hydrogen-bond acceptors (Lipinski definition) is 4. The summed E-state index contributed by atoms with van der Waals surface area (Å²) in [6.07, 6.45) is 1.09. The molecule has 1 rings (SSSR count). The lowest BCUT2D eigenvalue weighted by Gasteiger charge is -2.30. The summed E-state index contributed by atoms with van der Waals surface area (Å²) >= 11 is 0. The Kier molecular flexibility index (Phi) is 6.45. The van der Waals surface area contributed by atoms with E-state index < -0.39 is 12.1 Å². The fraction of sp³-hybridized carbons (Fsp3) is 0.786. The first-order valence-electron chi connectivity index (χ1n) is 7.37. The Hall–Kier alpha value is -1.79. The molecule has 1 aliphatic heterocycles. The Morgan fingerprint density at radius 2 is 2.14 bits per heavy atom. The van der Waals surface area contributed by atoms with Crippen molar-refractivity contribution in [3.63, 3.8) is 0 Å². The van der Waals surface area contributed by atoms with Gasteiger partial charge in [0.15, 0.2) is 0 Å². The van der Waals surface area contributed by atoms with Crippen molar-refractivity contribution in [3.05, 3.63) is 0 Å². The molecule has 1 aliphatic rings. The number of nitrogens with one attached hydrogen (secondary N) is 1. The fourth-order valence-corrected chi connectivity index (χ4v) is 2.50. The second-order valence-electron chi connectivity index (χ2n) is 5.45. The van der Waals surface area contributed by atoms with Crippen molar-refractivity contribution in [3.8, 4) is 0 Å². The number of aliphatic imine (C=N–C) groups is 1. The molecule has 0 radical (unpaired) electrons. The maximum absolute atomic E-state index is 12.7. The van der Waals surface area contributed by atoms with Gasteiger partial charge in [0.1, 0.15) is 11.9 Å². The smallest absolute Gasteiger partial charge is 0.407 e. The Bertz CT molecular complexity index is 409. The average Bonchev–Trinajstić information content (AvgIpc) is 2.93. The van der Waals surface area contributed by atoms with Gasteiger partial charge in [-0.2, -0.15) is 0 Å². The lowest BCUT2D eigenvalue weighted by Crippen LogP contribution is -2.54. The van der Waals surface area contributed by atoms with Gasteiger partial charge in [-0.15, -0.1) is 0 Å². The lowest BCUT2D eigenvalue weighted by atomic mass is 10.0. The molecule has 0 aromatic carbocycles. The maximum atomic E-state index is 12.7. The Labute approximate surface area is 125 Å². The molecule has 2 amide bonds. The van der Waals surface area contributed by atoms with Gasteiger partial charge in [-0.1, -0.05) is 13.8 Å². The van der Waals surface area contributed by atoms with Gasteiger partial charge in [-0.3, -0.25) is 9.79 Å². The second kappa shape index (κ2) is 7.85. The van der Waals surface area contributed by atoms with Gasteiger partial charge in [0, 0.05) is 13.1 Å². The molecule has 120 valence electrons. The number of ether oxygens (including phenoxy) is 1. The topological polar surface area (TPSA) is 97.0 Å². The van der Waals surface area contributed by atoms with Gasteiger partial charge in [-0.05, 0) is 25.7 Å². The maximum Gasteiger partial charge on any atom is 0.407 e. The number of methoxy groups -OCH3 is 1. The van der Waals surface area contributed by atoms with Crippen molar-refractivity contribution < 1.29 is 14.3 Å². The highest BCUT2D eigenvalue weighted by molar-refractivity contribution is 5.93. The second-order valence-corrected chi connectivity index (χ2v) is 5.45. The minimum atomic E-state index is -0.618. The Balaban J connectivity index is 2.87. The van der Waals surface area contributed by atoms with Crippen LogP contribution in [0.1, 0.15) is 33.6 Å². The molecular formula is C14H26N4O3. The van der Waals surface area contributed by atoms with E-state index >= 15 is 0 Å². The summed E-state index contributed by atoms with van der Waals surface area (Å²) in [7, 11) is 1.28. The number of hydrogen-bond donors (Lipinski definition) is 2. The van der Waals surface area contributed by atoms with E-state index in [-0.39, 0.29) is 17.9 Å².